The summed E-state index contributed by atoms with van der Waals surface area (Å²) in [4.78, 5) is 14.1. The predicted octanol–water partition coefficient (Wildman–Crippen LogP) is 1.45. The Hall–Kier alpha value is -1.88. The summed E-state index contributed by atoms with van der Waals surface area (Å²) in [5, 5.41) is 0. The Morgan fingerprint density at radius 2 is 1.65 bits per heavy atom. The van der Waals surface area contributed by atoms with E-state index in [-0.39, 0.29) is 10.5 Å². The summed E-state index contributed by atoms with van der Waals surface area (Å²) < 4.78 is 22.6. The summed E-state index contributed by atoms with van der Waals surface area (Å²) in [6, 6.07) is 11.2. The lowest BCUT2D eigenvalue weighted by molar-refractivity contribution is 0.602. The molecule has 0 spiro atoms. The standard InChI is InChI=1S/C12H11NO3S/c1-17(15,16)10-7-5-9(6-8-10)11-3-2-4-12(14)13-11/h2-8H,1H3,(H,13,14). The van der Waals surface area contributed by atoms with E-state index in [2.05, 4.69) is 4.98 Å². The zero-order valence-electron chi connectivity index (χ0n) is 9.17. The van der Waals surface area contributed by atoms with Crippen LogP contribution < -0.4 is 5.56 Å². The van der Waals surface area contributed by atoms with Gasteiger partial charge in [-0.25, -0.2) is 8.42 Å². The summed E-state index contributed by atoms with van der Waals surface area (Å²) in [7, 11) is -3.18. The van der Waals surface area contributed by atoms with Crippen LogP contribution in [0.15, 0.2) is 52.2 Å². The van der Waals surface area contributed by atoms with Crippen molar-refractivity contribution in [2.24, 2.45) is 0 Å². The minimum atomic E-state index is -3.18. The minimum absolute atomic E-state index is 0.185. The SMILES string of the molecule is CS(=O)(=O)c1ccc(-c2cccc(=O)[nH]2)cc1. The third-order valence-corrected chi connectivity index (χ3v) is 3.49. The molecule has 0 aliphatic carbocycles. The largest absolute Gasteiger partial charge is 0.322 e. The summed E-state index contributed by atoms with van der Waals surface area (Å²) in [5.74, 6) is 0. The Bertz CT molecular complexity index is 684. The van der Waals surface area contributed by atoms with E-state index in [0.717, 1.165) is 11.8 Å². The first-order chi connectivity index (χ1) is 7.97. The molecule has 5 heteroatoms. The number of aromatic nitrogens is 1. The fourth-order valence-electron chi connectivity index (χ4n) is 1.50. The maximum absolute atomic E-state index is 11.3. The topological polar surface area (TPSA) is 67.0 Å². The molecule has 1 N–H and O–H groups in total. The fourth-order valence-corrected chi connectivity index (χ4v) is 2.13. The van der Waals surface area contributed by atoms with Crippen molar-refractivity contribution in [1.29, 1.82) is 0 Å². The van der Waals surface area contributed by atoms with E-state index in [1.807, 2.05) is 0 Å². The highest BCUT2D eigenvalue weighted by Crippen LogP contribution is 2.18. The van der Waals surface area contributed by atoms with Gasteiger partial charge in [0.2, 0.25) is 5.56 Å². The molecular formula is C12H11NO3S. The van der Waals surface area contributed by atoms with Crippen LogP contribution in [-0.4, -0.2) is 19.7 Å². The maximum Gasteiger partial charge on any atom is 0.248 e. The van der Waals surface area contributed by atoms with Gasteiger partial charge in [0.05, 0.1) is 4.90 Å². The maximum atomic E-state index is 11.3. The number of benzene rings is 1. The van der Waals surface area contributed by atoms with Crippen molar-refractivity contribution < 1.29 is 8.42 Å². The van der Waals surface area contributed by atoms with Gasteiger partial charge in [0, 0.05) is 18.0 Å². The van der Waals surface area contributed by atoms with Crippen LogP contribution in [0.1, 0.15) is 0 Å². The van der Waals surface area contributed by atoms with E-state index >= 15 is 0 Å². The Morgan fingerprint density at radius 3 is 2.18 bits per heavy atom. The highest BCUT2D eigenvalue weighted by atomic mass is 32.2. The van der Waals surface area contributed by atoms with Crippen molar-refractivity contribution in [2.75, 3.05) is 6.26 Å². The average Bonchev–Trinajstić information content (AvgIpc) is 2.28. The summed E-state index contributed by atoms with van der Waals surface area (Å²) >= 11 is 0. The molecule has 0 bridgehead atoms. The third kappa shape index (κ3) is 2.62. The number of rotatable bonds is 2. The molecule has 88 valence electrons. The van der Waals surface area contributed by atoms with E-state index < -0.39 is 9.84 Å². The summed E-state index contributed by atoms with van der Waals surface area (Å²) in [6.45, 7) is 0. The van der Waals surface area contributed by atoms with Crippen molar-refractivity contribution >= 4 is 9.84 Å². The van der Waals surface area contributed by atoms with E-state index in [1.165, 1.54) is 18.2 Å². The van der Waals surface area contributed by atoms with Gasteiger partial charge in [-0.3, -0.25) is 4.79 Å². The third-order valence-electron chi connectivity index (χ3n) is 2.36. The Labute approximate surface area is 98.9 Å². The molecule has 0 atom stereocenters. The highest BCUT2D eigenvalue weighted by molar-refractivity contribution is 7.90. The Kier molecular flexibility index (Phi) is 2.85. The van der Waals surface area contributed by atoms with Gasteiger partial charge in [-0.1, -0.05) is 18.2 Å². The molecule has 0 unspecified atom stereocenters. The minimum Gasteiger partial charge on any atom is -0.322 e. The molecule has 1 aromatic heterocycles. The molecule has 1 aromatic carbocycles. The molecule has 2 aromatic rings. The van der Waals surface area contributed by atoms with Gasteiger partial charge in [0.15, 0.2) is 9.84 Å². The molecule has 17 heavy (non-hydrogen) atoms. The van der Waals surface area contributed by atoms with Crippen molar-refractivity contribution in [1.82, 2.24) is 4.98 Å². The second-order valence-electron chi connectivity index (χ2n) is 3.73. The molecule has 0 amide bonds. The second-order valence-corrected chi connectivity index (χ2v) is 5.74. The van der Waals surface area contributed by atoms with Gasteiger partial charge >= 0.3 is 0 Å². The zero-order chi connectivity index (χ0) is 12.5. The molecule has 4 nitrogen and oxygen atoms in total. The van der Waals surface area contributed by atoms with E-state index in [9.17, 15) is 13.2 Å². The van der Waals surface area contributed by atoms with Gasteiger partial charge < -0.3 is 4.98 Å². The number of sulfone groups is 1. The van der Waals surface area contributed by atoms with Crippen LogP contribution in [0, 0.1) is 0 Å². The molecule has 0 aliphatic rings. The van der Waals surface area contributed by atoms with Gasteiger partial charge in [0.1, 0.15) is 0 Å². The smallest absolute Gasteiger partial charge is 0.248 e. The van der Waals surface area contributed by atoms with E-state index in [0.29, 0.717) is 5.69 Å². The Morgan fingerprint density at radius 1 is 1.00 bits per heavy atom. The number of H-pyrrole nitrogens is 1. The van der Waals surface area contributed by atoms with Crippen LogP contribution in [-0.2, 0) is 9.84 Å². The molecule has 2 rings (SSSR count). The van der Waals surface area contributed by atoms with Crippen LogP contribution in [0.25, 0.3) is 11.3 Å². The molecule has 0 fully saturated rings. The summed E-state index contributed by atoms with van der Waals surface area (Å²) in [5.41, 5.74) is 1.25. The molecule has 0 aliphatic heterocycles. The van der Waals surface area contributed by atoms with Crippen LogP contribution in [0.5, 0.6) is 0 Å². The molecule has 0 saturated carbocycles. The lowest BCUT2D eigenvalue weighted by Crippen LogP contribution is -2.03. The first-order valence-electron chi connectivity index (χ1n) is 4.97. The molecule has 1 heterocycles. The number of nitrogens with one attached hydrogen (secondary N) is 1. The van der Waals surface area contributed by atoms with E-state index in [4.69, 9.17) is 0 Å². The van der Waals surface area contributed by atoms with E-state index in [1.54, 1.807) is 24.3 Å². The van der Waals surface area contributed by atoms with Crippen molar-refractivity contribution in [3.63, 3.8) is 0 Å². The number of pyridine rings is 1. The quantitative estimate of drug-likeness (QED) is 0.875. The first kappa shape index (κ1) is 11.6. The first-order valence-corrected chi connectivity index (χ1v) is 6.86. The molecular weight excluding hydrogens is 238 g/mol. The number of aromatic amines is 1. The van der Waals surface area contributed by atoms with Gasteiger partial charge in [0.25, 0.3) is 0 Å². The number of hydrogen-bond acceptors (Lipinski definition) is 3. The van der Waals surface area contributed by atoms with Crippen molar-refractivity contribution in [3.05, 3.63) is 52.8 Å². The van der Waals surface area contributed by atoms with Crippen molar-refractivity contribution in [2.45, 2.75) is 4.90 Å². The lowest BCUT2D eigenvalue weighted by atomic mass is 10.1. The monoisotopic (exact) mass is 249 g/mol. The fraction of sp³-hybridized carbons (Fsp3) is 0.0833. The highest BCUT2D eigenvalue weighted by Gasteiger charge is 2.06. The van der Waals surface area contributed by atoms with Gasteiger partial charge in [-0.15, -0.1) is 0 Å². The average molecular weight is 249 g/mol. The molecule has 0 radical (unpaired) electrons. The van der Waals surface area contributed by atoms with Crippen LogP contribution in [0.3, 0.4) is 0 Å². The van der Waals surface area contributed by atoms with Crippen LogP contribution in [0.2, 0.25) is 0 Å². The van der Waals surface area contributed by atoms with Crippen LogP contribution in [0.4, 0.5) is 0 Å². The van der Waals surface area contributed by atoms with Gasteiger partial charge in [-0.2, -0.15) is 0 Å². The normalized spacial score (nSPS) is 11.4. The second kappa shape index (κ2) is 4.18. The number of hydrogen-bond donors (Lipinski definition) is 1. The predicted molar refractivity (Wildman–Crippen MR) is 65.6 cm³/mol. The zero-order valence-corrected chi connectivity index (χ0v) is 9.99. The van der Waals surface area contributed by atoms with Crippen molar-refractivity contribution in [3.8, 4) is 11.3 Å². The Balaban J connectivity index is 2.46. The molecule has 0 saturated heterocycles. The van der Waals surface area contributed by atoms with Crippen LogP contribution >= 0.6 is 0 Å². The van der Waals surface area contributed by atoms with Gasteiger partial charge in [-0.05, 0) is 23.8 Å². The summed E-state index contributed by atoms with van der Waals surface area (Å²) in [6.07, 6.45) is 1.16. The lowest BCUT2D eigenvalue weighted by Gasteiger charge is -2.02.